The first-order chi connectivity index (χ1) is 9.09. The summed E-state index contributed by atoms with van der Waals surface area (Å²) in [5, 5.41) is 11.1. The third kappa shape index (κ3) is 3.74. The van der Waals surface area contributed by atoms with Gasteiger partial charge in [0.2, 0.25) is 0 Å². The van der Waals surface area contributed by atoms with Gasteiger partial charge in [0.15, 0.2) is 0 Å². The van der Waals surface area contributed by atoms with Crippen molar-refractivity contribution in [3.05, 3.63) is 35.9 Å². The van der Waals surface area contributed by atoms with E-state index < -0.39 is 0 Å². The number of benzene rings is 1. The lowest BCUT2D eigenvalue weighted by Gasteiger charge is -2.39. The minimum absolute atomic E-state index is 0.264. The molecule has 2 nitrogen and oxygen atoms in total. The summed E-state index contributed by atoms with van der Waals surface area (Å²) in [6.45, 7) is 8.87. The summed E-state index contributed by atoms with van der Waals surface area (Å²) in [5.41, 5.74) is 1.03. The molecule has 0 amide bonds. The van der Waals surface area contributed by atoms with Gasteiger partial charge in [-0.1, -0.05) is 44.2 Å². The Labute approximate surface area is 121 Å². The van der Waals surface area contributed by atoms with E-state index >= 15 is 0 Å². The summed E-state index contributed by atoms with van der Waals surface area (Å²) in [5.74, 6) is 1.47. The van der Waals surface area contributed by atoms with Gasteiger partial charge in [-0.05, 0) is 18.4 Å². The average Bonchev–Trinajstić information content (AvgIpc) is 2.44. The van der Waals surface area contributed by atoms with Crippen LogP contribution in [-0.2, 0) is 0 Å². The van der Waals surface area contributed by atoms with Gasteiger partial charge in [0.05, 0.1) is 6.10 Å². The zero-order valence-corrected chi connectivity index (χ0v) is 12.9. The Bertz CT molecular complexity index is 384. The molecule has 106 valence electrons. The number of hydrogen-bond acceptors (Lipinski definition) is 3. The molecule has 0 bridgehead atoms. The third-order valence-electron chi connectivity index (χ3n) is 4.22. The molecule has 0 aliphatic carbocycles. The molecule has 1 fully saturated rings. The Morgan fingerprint density at radius 1 is 1.32 bits per heavy atom. The monoisotopic (exact) mass is 279 g/mol. The largest absolute Gasteiger partial charge is 0.388 e. The smallest absolute Gasteiger partial charge is 0.0827 e. The highest BCUT2D eigenvalue weighted by molar-refractivity contribution is 8.00. The van der Waals surface area contributed by atoms with Crippen LogP contribution in [0.3, 0.4) is 0 Å². The van der Waals surface area contributed by atoms with E-state index in [1.807, 2.05) is 30.3 Å². The molecule has 0 aromatic heterocycles. The Kier molecular flexibility index (Phi) is 5.31. The highest BCUT2D eigenvalue weighted by Crippen LogP contribution is 2.28. The van der Waals surface area contributed by atoms with E-state index in [1.165, 1.54) is 5.75 Å². The second-order valence-electron chi connectivity index (χ2n) is 5.64. The quantitative estimate of drug-likeness (QED) is 0.915. The minimum Gasteiger partial charge on any atom is -0.388 e. The molecule has 2 rings (SSSR count). The maximum atomic E-state index is 10.4. The third-order valence-corrected chi connectivity index (χ3v) is 5.56. The van der Waals surface area contributed by atoms with E-state index in [-0.39, 0.29) is 12.0 Å². The molecule has 1 N–H and O–H groups in total. The van der Waals surface area contributed by atoms with Gasteiger partial charge in [-0.3, -0.25) is 4.90 Å². The summed E-state index contributed by atoms with van der Waals surface area (Å²) in [6, 6.07) is 10.6. The van der Waals surface area contributed by atoms with Gasteiger partial charge < -0.3 is 5.11 Å². The van der Waals surface area contributed by atoms with Crippen molar-refractivity contribution in [3.8, 4) is 0 Å². The topological polar surface area (TPSA) is 23.5 Å². The zero-order valence-electron chi connectivity index (χ0n) is 12.1. The van der Waals surface area contributed by atoms with E-state index in [0.717, 1.165) is 18.7 Å². The van der Waals surface area contributed by atoms with Crippen molar-refractivity contribution < 1.29 is 5.11 Å². The van der Waals surface area contributed by atoms with Gasteiger partial charge in [0, 0.05) is 30.1 Å². The Morgan fingerprint density at radius 3 is 2.68 bits per heavy atom. The standard InChI is InChI=1S/C16H25NOS/c1-12(16(18)15-7-5-4-6-8-15)11-17-9-10-19-14(3)13(17)2/h4-8,12-14,16,18H,9-11H2,1-3H3. The van der Waals surface area contributed by atoms with Crippen LogP contribution in [0, 0.1) is 5.92 Å². The second-order valence-corrected chi connectivity index (χ2v) is 7.13. The molecular formula is C16H25NOS. The summed E-state index contributed by atoms with van der Waals surface area (Å²) in [6.07, 6.45) is -0.363. The molecule has 1 aliphatic heterocycles. The molecule has 1 aromatic rings. The van der Waals surface area contributed by atoms with Crippen LogP contribution in [0.25, 0.3) is 0 Å². The first kappa shape index (κ1) is 14.9. The summed E-state index contributed by atoms with van der Waals surface area (Å²) in [4.78, 5) is 2.53. The molecule has 4 atom stereocenters. The number of thioether (sulfide) groups is 1. The van der Waals surface area contributed by atoms with Gasteiger partial charge in [-0.2, -0.15) is 11.8 Å². The number of nitrogens with zero attached hydrogens (tertiary/aromatic N) is 1. The van der Waals surface area contributed by atoms with Crippen LogP contribution >= 0.6 is 11.8 Å². The summed E-state index contributed by atoms with van der Waals surface area (Å²) >= 11 is 2.06. The molecule has 0 spiro atoms. The van der Waals surface area contributed by atoms with Crippen molar-refractivity contribution in [3.63, 3.8) is 0 Å². The molecule has 0 radical (unpaired) electrons. The highest BCUT2D eigenvalue weighted by Gasteiger charge is 2.28. The van der Waals surface area contributed by atoms with Crippen LogP contribution in [0.1, 0.15) is 32.4 Å². The lowest BCUT2D eigenvalue weighted by atomic mass is 9.96. The van der Waals surface area contributed by atoms with Crippen LogP contribution in [0.5, 0.6) is 0 Å². The average molecular weight is 279 g/mol. The van der Waals surface area contributed by atoms with E-state index in [1.54, 1.807) is 0 Å². The van der Waals surface area contributed by atoms with Crippen LogP contribution in [0.4, 0.5) is 0 Å². The molecule has 3 heteroatoms. The molecule has 19 heavy (non-hydrogen) atoms. The Hall–Kier alpha value is -0.510. The van der Waals surface area contributed by atoms with Gasteiger partial charge in [0.25, 0.3) is 0 Å². The van der Waals surface area contributed by atoms with Crippen molar-refractivity contribution >= 4 is 11.8 Å². The van der Waals surface area contributed by atoms with Crippen LogP contribution in [0.2, 0.25) is 0 Å². The molecular weight excluding hydrogens is 254 g/mol. The van der Waals surface area contributed by atoms with E-state index in [9.17, 15) is 5.11 Å². The van der Waals surface area contributed by atoms with Crippen LogP contribution < -0.4 is 0 Å². The molecule has 0 saturated carbocycles. The number of aliphatic hydroxyl groups excluding tert-OH is 1. The summed E-state index contributed by atoms with van der Waals surface area (Å²) in [7, 11) is 0. The SMILES string of the molecule is CC(CN1CCSC(C)C1C)C(O)c1ccccc1. The fourth-order valence-corrected chi connectivity index (χ4v) is 3.86. The summed E-state index contributed by atoms with van der Waals surface area (Å²) < 4.78 is 0. The molecule has 1 saturated heterocycles. The molecule has 1 heterocycles. The second kappa shape index (κ2) is 6.78. The van der Waals surface area contributed by atoms with Crippen molar-refractivity contribution in [2.24, 2.45) is 5.92 Å². The Balaban J connectivity index is 1.95. The van der Waals surface area contributed by atoms with E-state index in [4.69, 9.17) is 0 Å². The van der Waals surface area contributed by atoms with Crippen molar-refractivity contribution in [2.45, 2.75) is 38.2 Å². The fourth-order valence-electron chi connectivity index (χ4n) is 2.70. The predicted molar refractivity (Wildman–Crippen MR) is 83.5 cm³/mol. The number of aliphatic hydroxyl groups is 1. The Morgan fingerprint density at radius 2 is 2.00 bits per heavy atom. The van der Waals surface area contributed by atoms with E-state index in [2.05, 4.69) is 37.4 Å². The molecule has 1 aromatic carbocycles. The van der Waals surface area contributed by atoms with Gasteiger partial charge in [-0.25, -0.2) is 0 Å². The van der Waals surface area contributed by atoms with Crippen LogP contribution in [-0.4, -0.2) is 40.1 Å². The molecule has 1 aliphatic rings. The van der Waals surface area contributed by atoms with Crippen molar-refractivity contribution in [1.82, 2.24) is 4.90 Å². The first-order valence-electron chi connectivity index (χ1n) is 7.18. The lowest BCUT2D eigenvalue weighted by molar-refractivity contribution is 0.0769. The normalized spacial score (nSPS) is 28.0. The van der Waals surface area contributed by atoms with Gasteiger partial charge in [0.1, 0.15) is 0 Å². The van der Waals surface area contributed by atoms with Crippen molar-refractivity contribution in [2.75, 3.05) is 18.8 Å². The maximum Gasteiger partial charge on any atom is 0.0827 e. The molecule has 4 unspecified atom stereocenters. The number of rotatable bonds is 4. The van der Waals surface area contributed by atoms with E-state index in [0.29, 0.717) is 11.3 Å². The van der Waals surface area contributed by atoms with Crippen molar-refractivity contribution in [1.29, 1.82) is 0 Å². The lowest BCUT2D eigenvalue weighted by Crippen LogP contribution is -2.47. The number of hydrogen-bond donors (Lipinski definition) is 1. The van der Waals surface area contributed by atoms with Crippen LogP contribution in [0.15, 0.2) is 30.3 Å². The van der Waals surface area contributed by atoms with Gasteiger partial charge >= 0.3 is 0 Å². The van der Waals surface area contributed by atoms with Gasteiger partial charge in [-0.15, -0.1) is 0 Å². The zero-order chi connectivity index (χ0) is 13.8. The first-order valence-corrected chi connectivity index (χ1v) is 8.23. The minimum atomic E-state index is -0.363. The highest BCUT2D eigenvalue weighted by atomic mass is 32.2. The predicted octanol–water partition coefficient (Wildman–Crippen LogP) is 3.18. The fraction of sp³-hybridized carbons (Fsp3) is 0.625. The maximum absolute atomic E-state index is 10.4.